The standard InChI is InChI=1S/C26H31N3O2S/c30-32(31,28-17-15-22(16-18-28)19-21-9-3-1-4-10-21)25-20-29(24-13-7-8-14-24)27-26(25)23-11-5-2-6-12-23/h1-6,9-12,20,22,24H,7-8,13-19H2. The van der Waals surface area contributed by atoms with Crippen molar-refractivity contribution in [1.29, 1.82) is 0 Å². The fourth-order valence-electron chi connectivity index (χ4n) is 5.16. The van der Waals surface area contributed by atoms with Crippen molar-refractivity contribution in [2.45, 2.75) is 55.9 Å². The van der Waals surface area contributed by atoms with Gasteiger partial charge in [-0.25, -0.2) is 8.42 Å². The van der Waals surface area contributed by atoms with Gasteiger partial charge in [0.2, 0.25) is 10.0 Å². The highest BCUT2D eigenvalue weighted by molar-refractivity contribution is 7.89. The van der Waals surface area contributed by atoms with E-state index in [9.17, 15) is 8.42 Å². The van der Waals surface area contributed by atoms with E-state index in [1.54, 1.807) is 10.5 Å². The number of sulfonamides is 1. The van der Waals surface area contributed by atoms with Crippen LogP contribution < -0.4 is 0 Å². The highest BCUT2D eigenvalue weighted by Gasteiger charge is 2.34. The summed E-state index contributed by atoms with van der Waals surface area (Å²) in [4.78, 5) is 0.358. The van der Waals surface area contributed by atoms with Crippen molar-refractivity contribution in [3.8, 4) is 11.3 Å². The maximum absolute atomic E-state index is 13.7. The second kappa shape index (κ2) is 9.20. The highest BCUT2D eigenvalue weighted by Crippen LogP contribution is 2.35. The van der Waals surface area contributed by atoms with Gasteiger partial charge in [-0.1, -0.05) is 73.5 Å². The van der Waals surface area contributed by atoms with E-state index >= 15 is 0 Å². The number of hydrogen-bond donors (Lipinski definition) is 0. The topological polar surface area (TPSA) is 55.2 Å². The zero-order valence-electron chi connectivity index (χ0n) is 18.4. The van der Waals surface area contributed by atoms with Gasteiger partial charge in [0.25, 0.3) is 0 Å². The van der Waals surface area contributed by atoms with Gasteiger partial charge in [0.1, 0.15) is 10.6 Å². The first-order valence-corrected chi connectivity index (χ1v) is 13.2. The van der Waals surface area contributed by atoms with Gasteiger partial charge in [0, 0.05) is 24.8 Å². The van der Waals surface area contributed by atoms with Gasteiger partial charge in [-0.15, -0.1) is 0 Å². The van der Waals surface area contributed by atoms with Gasteiger partial charge in [-0.2, -0.15) is 9.40 Å². The first kappa shape index (κ1) is 21.4. The Balaban J connectivity index is 1.38. The van der Waals surface area contributed by atoms with Gasteiger partial charge in [-0.05, 0) is 43.6 Å². The van der Waals surface area contributed by atoms with Crippen molar-refractivity contribution in [2.24, 2.45) is 5.92 Å². The monoisotopic (exact) mass is 449 g/mol. The lowest BCUT2D eigenvalue weighted by atomic mass is 9.91. The van der Waals surface area contributed by atoms with Crippen molar-refractivity contribution in [3.05, 3.63) is 72.4 Å². The summed E-state index contributed by atoms with van der Waals surface area (Å²) in [7, 11) is -3.60. The zero-order chi connectivity index (χ0) is 22.0. The van der Waals surface area contributed by atoms with Crippen LogP contribution in [0, 0.1) is 5.92 Å². The van der Waals surface area contributed by atoms with Crippen molar-refractivity contribution < 1.29 is 8.42 Å². The predicted octanol–water partition coefficient (Wildman–Crippen LogP) is 5.31. The molecule has 0 spiro atoms. The fourth-order valence-corrected chi connectivity index (χ4v) is 6.77. The first-order chi connectivity index (χ1) is 15.6. The summed E-state index contributed by atoms with van der Waals surface area (Å²) < 4.78 is 31.1. The SMILES string of the molecule is O=S(=O)(c1cn(C2CCCC2)nc1-c1ccccc1)N1CCC(Cc2ccccc2)CC1. The number of piperidine rings is 1. The summed E-state index contributed by atoms with van der Waals surface area (Å²) in [5.41, 5.74) is 2.78. The van der Waals surface area contributed by atoms with Crippen molar-refractivity contribution in [3.63, 3.8) is 0 Å². The largest absolute Gasteiger partial charge is 0.268 e. The summed E-state index contributed by atoms with van der Waals surface area (Å²) in [6.07, 6.45) is 9.11. The molecular weight excluding hydrogens is 418 g/mol. The van der Waals surface area contributed by atoms with Crippen LogP contribution in [0.25, 0.3) is 11.3 Å². The number of benzene rings is 2. The molecule has 1 aliphatic heterocycles. The molecule has 32 heavy (non-hydrogen) atoms. The van der Waals surface area contributed by atoms with Crippen LogP contribution in [0.3, 0.4) is 0 Å². The van der Waals surface area contributed by atoms with Gasteiger partial charge < -0.3 is 0 Å². The molecule has 3 aromatic rings. The molecule has 1 aliphatic carbocycles. The van der Waals surface area contributed by atoms with Gasteiger partial charge in [0.05, 0.1) is 6.04 Å². The first-order valence-electron chi connectivity index (χ1n) is 11.8. The summed E-state index contributed by atoms with van der Waals surface area (Å²) in [6, 6.07) is 20.5. The maximum Gasteiger partial charge on any atom is 0.246 e. The molecule has 5 nitrogen and oxygen atoms in total. The number of nitrogens with zero attached hydrogens (tertiary/aromatic N) is 3. The molecule has 2 fully saturated rings. The lowest BCUT2D eigenvalue weighted by Crippen LogP contribution is -2.39. The molecule has 2 aliphatic rings. The van der Waals surface area contributed by atoms with Crippen LogP contribution in [0.5, 0.6) is 0 Å². The van der Waals surface area contributed by atoms with Crippen molar-refractivity contribution in [1.82, 2.24) is 14.1 Å². The Kier molecular flexibility index (Phi) is 6.15. The van der Waals surface area contributed by atoms with E-state index in [1.807, 2.05) is 41.1 Å². The molecule has 2 heterocycles. The molecule has 0 atom stereocenters. The van der Waals surface area contributed by atoms with Crippen LogP contribution in [-0.2, 0) is 16.4 Å². The minimum atomic E-state index is -3.60. The Morgan fingerprint density at radius 1 is 0.844 bits per heavy atom. The van der Waals surface area contributed by atoms with E-state index in [-0.39, 0.29) is 0 Å². The van der Waals surface area contributed by atoms with Crippen LogP contribution >= 0.6 is 0 Å². The Hall–Kier alpha value is -2.44. The second-order valence-electron chi connectivity index (χ2n) is 9.16. The highest BCUT2D eigenvalue weighted by atomic mass is 32.2. The molecule has 0 N–H and O–H groups in total. The van der Waals surface area contributed by atoms with Gasteiger partial charge in [0.15, 0.2) is 0 Å². The predicted molar refractivity (Wildman–Crippen MR) is 127 cm³/mol. The van der Waals surface area contributed by atoms with Crippen LogP contribution in [0.2, 0.25) is 0 Å². The smallest absolute Gasteiger partial charge is 0.246 e. The minimum absolute atomic E-state index is 0.304. The molecule has 168 valence electrons. The number of aromatic nitrogens is 2. The second-order valence-corrected chi connectivity index (χ2v) is 11.1. The quantitative estimate of drug-likeness (QED) is 0.513. The van der Waals surface area contributed by atoms with Crippen LogP contribution in [0.1, 0.15) is 50.1 Å². The molecule has 0 unspecified atom stereocenters. The fraction of sp³-hybridized carbons (Fsp3) is 0.423. The lowest BCUT2D eigenvalue weighted by molar-refractivity contribution is 0.273. The zero-order valence-corrected chi connectivity index (χ0v) is 19.3. The average molecular weight is 450 g/mol. The molecule has 0 radical (unpaired) electrons. The summed E-state index contributed by atoms with van der Waals surface area (Å²) >= 11 is 0. The van der Waals surface area contributed by atoms with Gasteiger partial charge >= 0.3 is 0 Å². The van der Waals surface area contributed by atoms with E-state index in [4.69, 9.17) is 5.10 Å². The van der Waals surface area contributed by atoms with Crippen LogP contribution in [0.4, 0.5) is 0 Å². The number of hydrogen-bond acceptors (Lipinski definition) is 3. The van der Waals surface area contributed by atoms with Crippen molar-refractivity contribution >= 4 is 10.0 Å². The van der Waals surface area contributed by atoms with E-state index in [2.05, 4.69) is 24.3 Å². The Morgan fingerprint density at radius 3 is 2.12 bits per heavy atom. The van der Waals surface area contributed by atoms with Crippen molar-refractivity contribution in [2.75, 3.05) is 13.1 Å². The average Bonchev–Trinajstić information content (AvgIpc) is 3.51. The minimum Gasteiger partial charge on any atom is -0.268 e. The molecule has 1 saturated carbocycles. The summed E-state index contributed by atoms with van der Waals surface area (Å²) in [5, 5.41) is 4.81. The Labute approximate surface area is 191 Å². The molecule has 0 amide bonds. The Morgan fingerprint density at radius 2 is 1.47 bits per heavy atom. The van der Waals surface area contributed by atoms with E-state index in [1.165, 1.54) is 18.4 Å². The molecule has 0 bridgehead atoms. The lowest BCUT2D eigenvalue weighted by Gasteiger charge is -2.31. The summed E-state index contributed by atoms with van der Waals surface area (Å²) in [6.45, 7) is 1.14. The molecule has 6 heteroatoms. The molecule has 5 rings (SSSR count). The van der Waals surface area contributed by atoms with Gasteiger partial charge in [-0.3, -0.25) is 4.68 Å². The van der Waals surface area contributed by atoms with Crippen LogP contribution in [0.15, 0.2) is 71.8 Å². The van der Waals surface area contributed by atoms with E-state index in [0.29, 0.717) is 35.6 Å². The summed E-state index contributed by atoms with van der Waals surface area (Å²) in [5.74, 6) is 0.527. The number of rotatable bonds is 6. The molecular formula is C26H31N3O2S. The van der Waals surface area contributed by atoms with E-state index in [0.717, 1.165) is 37.7 Å². The molecule has 2 aromatic carbocycles. The molecule has 1 saturated heterocycles. The third kappa shape index (κ3) is 4.39. The third-order valence-corrected chi connectivity index (χ3v) is 8.90. The van der Waals surface area contributed by atoms with E-state index < -0.39 is 10.0 Å². The third-order valence-electron chi connectivity index (χ3n) is 7.00. The maximum atomic E-state index is 13.7. The van der Waals surface area contributed by atoms with Crippen LogP contribution in [-0.4, -0.2) is 35.6 Å². The Bertz CT molecular complexity index is 1130. The normalized spacial score (nSPS) is 18.9. The molecule has 1 aromatic heterocycles.